The molecule has 49 heavy (non-hydrogen) atoms. The number of hydrogen-bond donors (Lipinski definition) is 0. The molecular formula is C49H78. The van der Waals surface area contributed by atoms with E-state index in [0.717, 1.165) is 52.8 Å². The third kappa shape index (κ3) is 10.7. The molecular weight excluding hydrogens is 589 g/mol. The zero-order valence-electron chi connectivity index (χ0n) is 34.4. The molecule has 6 aliphatic rings. The van der Waals surface area contributed by atoms with Crippen LogP contribution in [0.4, 0.5) is 0 Å². The van der Waals surface area contributed by atoms with Crippen LogP contribution in [0.1, 0.15) is 183 Å². The van der Waals surface area contributed by atoms with Crippen LogP contribution in [0.5, 0.6) is 0 Å². The predicted octanol–water partition coefficient (Wildman–Crippen LogP) is 15.1. The molecule has 274 valence electrons. The number of rotatable bonds is 2. The first-order valence-corrected chi connectivity index (χ1v) is 20.9. The highest BCUT2D eigenvalue weighted by Gasteiger charge is 2.53. The molecule has 8 atom stereocenters. The molecule has 8 rings (SSSR count). The fourth-order valence-corrected chi connectivity index (χ4v) is 10.5. The molecule has 0 saturated heterocycles. The number of hydrogen-bond acceptors (Lipinski definition) is 0. The molecule has 0 nitrogen and oxygen atoms in total. The molecule has 1 spiro atoms. The monoisotopic (exact) mass is 667 g/mol. The van der Waals surface area contributed by atoms with E-state index in [2.05, 4.69) is 144 Å². The van der Waals surface area contributed by atoms with Gasteiger partial charge in [0.05, 0.1) is 0 Å². The third-order valence-corrected chi connectivity index (χ3v) is 14.1. The van der Waals surface area contributed by atoms with Crippen LogP contribution in [0.2, 0.25) is 0 Å². The van der Waals surface area contributed by atoms with Crippen molar-refractivity contribution in [2.24, 2.45) is 62.6 Å². The highest BCUT2D eigenvalue weighted by Crippen LogP contribution is 2.64. The Hall–Kier alpha value is -1.56. The second-order valence-corrected chi connectivity index (χ2v) is 22.1. The van der Waals surface area contributed by atoms with Crippen molar-refractivity contribution in [3.8, 4) is 0 Å². The van der Waals surface area contributed by atoms with E-state index in [0.29, 0.717) is 21.7 Å². The standard InChI is InChI=1S/2C13H18.C12H22.C11H20/c2*1-13(2,3)12-9-11(12)10-7-5-4-6-8-10;1-11(2,3)10-6-4-5-7-12(10)8-9-12;1-11(2,3)10-5-4-8-6-9(8)7-10/h2*4-8,11-12H,9H2,1-3H3;10H,4-9H2,1-3H3;8-10H,4-7H2,1-3H3. The molecule has 0 amide bonds. The third-order valence-electron chi connectivity index (χ3n) is 14.1. The van der Waals surface area contributed by atoms with Gasteiger partial charge in [-0.1, -0.05) is 157 Å². The van der Waals surface area contributed by atoms with E-state index in [-0.39, 0.29) is 0 Å². The zero-order valence-corrected chi connectivity index (χ0v) is 34.4. The quantitative estimate of drug-likeness (QED) is 0.299. The summed E-state index contributed by atoms with van der Waals surface area (Å²) in [5.74, 6) is 7.82. The summed E-state index contributed by atoms with van der Waals surface area (Å²) >= 11 is 0. The first kappa shape index (κ1) is 38.7. The van der Waals surface area contributed by atoms with Crippen LogP contribution in [-0.4, -0.2) is 0 Å². The summed E-state index contributed by atoms with van der Waals surface area (Å²) in [4.78, 5) is 0. The van der Waals surface area contributed by atoms with Crippen molar-refractivity contribution in [1.82, 2.24) is 0 Å². The molecule has 0 N–H and O–H groups in total. The maximum absolute atomic E-state index is 2.43. The van der Waals surface area contributed by atoms with Gasteiger partial charge in [-0.15, -0.1) is 0 Å². The summed E-state index contributed by atoms with van der Waals surface area (Å²) in [6.45, 7) is 28.6. The van der Waals surface area contributed by atoms with Gasteiger partial charge in [0.1, 0.15) is 0 Å². The molecule has 0 bridgehead atoms. The van der Waals surface area contributed by atoms with E-state index in [1.165, 1.54) is 81.8 Å². The smallest absolute Gasteiger partial charge is 0.0125 e. The zero-order chi connectivity index (χ0) is 35.8. The van der Waals surface area contributed by atoms with E-state index in [9.17, 15) is 0 Å². The van der Waals surface area contributed by atoms with E-state index in [1.807, 2.05) is 0 Å². The minimum absolute atomic E-state index is 0.487. The van der Waals surface area contributed by atoms with Gasteiger partial charge < -0.3 is 0 Å². The topological polar surface area (TPSA) is 0 Å². The molecule has 0 aliphatic heterocycles. The average Bonchev–Trinajstić information content (AvgIpc) is 3.84. The minimum atomic E-state index is 0.487. The number of fused-ring (bicyclic) bond motifs is 1. The highest BCUT2D eigenvalue weighted by atomic mass is 14.6. The van der Waals surface area contributed by atoms with E-state index >= 15 is 0 Å². The first-order chi connectivity index (χ1) is 22.8. The van der Waals surface area contributed by atoms with Crippen LogP contribution in [-0.2, 0) is 0 Å². The van der Waals surface area contributed by atoms with Crippen LogP contribution >= 0.6 is 0 Å². The Morgan fingerprint density at radius 2 is 0.939 bits per heavy atom. The molecule has 6 fully saturated rings. The van der Waals surface area contributed by atoms with Crippen molar-refractivity contribution in [2.75, 3.05) is 0 Å². The fourth-order valence-electron chi connectivity index (χ4n) is 10.5. The van der Waals surface area contributed by atoms with Gasteiger partial charge in [0, 0.05) is 0 Å². The largest absolute Gasteiger partial charge is 0.0622 e. The van der Waals surface area contributed by atoms with Crippen LogP contribution in [0.3, 0.4) is 0 Å². The summed E-state index contributed by atoms with van der Waals surface area (Å²) in [5, 5.41) is 0. The van der Waals surface area contributed by atoms with Crippen LogP contribution < -0.4 is 0 Å². The second-order valence-electron chi connectivity index (χ2n) is 22.1. The lowest BCUT2D eigenvalue weighted by molar-refractivity contribution is 0.0901. The molecule has 0 radical (unpaired) electrons. The summed E-state index contributed by atoms with van der Waals surface area (Å²) in [6, 6.07) is 21.8. The van der Waals surface area contributed by atoms with E-state index in [4.69, 9.17) is 0 Å². The van der Waals surface area contributed by atoms with Gasteiger partial charge in [0.25, 0.3) is 0 Å². The van der Waals surface area contributed by atoms with Crippen molar-refractivity contribution in [3.63, 3.8) is 0 Å². The van der Waals surface area contributed by atoms with Crippen LogP contribution in [0.15, 0.2) is 60.7 Å². The highest BCUT2D eigenvalue weighted by molar-refractivity contribution is 5.27. The summed E-state index contributed by atoms with van der Waals surface area (Å²) in [6.07, 6.45) is 18.0. The van der Waals surface area contributed by atoms with Gasteiger partial charge in [-0.05, 0) is 150 Å². The van der Waals surface area contributed by atoms with Gasteiger partial charge in [0.15, 0.2) is 0 Å². The predicted molar refractivity (Wildman–Crippen MR) is 215 cm³/mol. The van der Waals surface area contributed by atoms with E-state index < -0.39 is 0 Å². The maximum atomic E-state index is 2.43. The molecule has 6 aliphatic carbocycles. The van der Waals surface area contributed by atoms with Gasteiger partial charge >= 0.3 is 0 Å². The SMILES string of the molecule is CC(C)(C)C1CC1c1ccccc1.CC(C)(C)C1CC1c1ccccc1.CC(C)(C)C1CCC2CC2C1.CC(C)(C)C1CCCCC12CC2. The van der Waals surface area contributed by atoms with Crippen molar-refractivity contribution < 1.29 is 0 Å². The minimum Gasteiger partial charge on any atom is -0.0622 e. The van der Waals surface area contributed by atoms with Gasteiger partial charge in [-0.25, -0.2) is 0 Å². The molecule has 2 aromatic rings. The van der Waals surface area contributed by atoms with Gasteiger partial charge in [-0.3, -0.25) is 0 Å². The molecule has 6 saturated carbocycles. The van der Waals surface area contributed by atoms with Crippen molar-refractivity contribution in [1.29, 1.82) is 0 Å². The van der Waals surface area contributed by atoms with E-state index in [1.54, 1.807) is 6.42 Å². The molecule has 0 aromatic heterocycles. The molecule has 0 heterocycles. The molecule has 0 heteroatoms. The van der Waals surface area contributed by atoms with Gasteiger partial charge in [0.2, 0.25) is 0 Å². The van der Waals surface area contributed by atoms with Crippen molar-refractivity contribution in [2.45, 2.75) is 172 Å². The normalized spacial score (nSPS) is 32.5. The van der Waals surface area contributed by atoms with Crippen LogP contribution in [0.25, 0.3) is 0 Å². The molecule has 2 aromatic carbocycles. The maximum Gasteiger partial charge on any atom is -0.0125 e. The van der Waals surface area contributed by atoms with Crippen LogP contribution in [0, 0.1) is 62.6 Å². The van der Waals surface area contributed by atoms with Crippen molar-refractivity contribution >= 4 is 0 Å². The number of benzene rings is 2. The summed E-state index contributed by atoms with van der Waals surface area (Å²) < 4.78 is 0. The Morgan fingerprint density at radius 1 is 0.449 bits per heavy atom. The summed E-state index contributed by atoms with van der Waals surface area (Å²) in [5.41, 5.74) is 6.01. The Balaban J connectivity index is 0.000000128. The Bertz CT molecular complexity index is 1220. The Morgan fingerprint density at radius 3 is 1.29 bits per heavy atom. The van der Waals surface area contributed by atoms with Gasteiger partial charge in [-0.2, -0.15) is 0 Å². The lowest BCUT2D eigenvalue weighted by Crippen LogP contribution is -2.32. The average molecular weight is 667 g/mol. The fraction of sp³-hybridized carbons (Fsp3) is 0.755. The Labute approximate surface area is 305 Å². The first-order valence-electron chi connectivity index (χ1n) is 20.9. The Kier molecular flexibility index (Phi) is 11.7. The van der Waals surface area contributed by atoms with Crippen molar-refractivity contribution in [3.05, 3.63) is 71.8 Å². The summed E-state index contributed by atoms with van der Waals surface area (Å²) in [7, 11) is 0. The lowest BCUT2D eigenvalue weighted by Gasteiger charge is -2.41. The lowest BCUT2D eigenvalue weighted by atomic mass is 9.64. The molecule has 8 unspecified atom stereocenters. The second kappa shape index (κ2) is 14.8.